The van der Waals surface area contributed by atoms with Crippen molar-refractivity contribution in [2.75, 3.05) is 20.3 Å². The molecule has 4 nitrogen and oxygen atoms in total. The van der Waals surface area contributed by atoms with Crippen molar-refractivity contribution in [2.45, 2.75) is 6.92 Å². The Morgan fingerprint density at radius 3 is 2.90 bits per heavy atom. The fourth-order valence-corrected chi connectivity index (χ4v) is 3.01. The first kappa shape index (κ1) is 15.0. The van der Waals surface area contributed by atoms with Gasteiger partial charge in [0.25, 0.3) is 5.91 Å². The highest BCUT2D eigenvalue weighted by Gasteiger charge is 2.16. The number of amides is 1. The van der Waals surface area contributed by atoms with Crippen LogP contribution in [0.15, 0.2) is 24.3 Å². The first-order valence-electron chi connectivity index (χ1n) is 6.13. The molecule has 106 valence electrons. The fraction of sp³-hybridized carbons (Fsp3) is 0.286. The van der Waals surface area contributed by atoms with Crippen molar-refractivity contribution in [3.63, 3.8) is 0 Å². The second kappa shape index (κ2) is 6.83. The first-order chi connectivity index (χ1) is 9.63. The number of benzene rings is 1. The van der Waals surface area contributed by atoms with Gasteiger partial charge in [-0.05, 0) is 13.0 Å². The van der Waals surface area contributed by atoms with Gasteiger partial charge in [0.2, 0.25) is 0 Å². The van der Waals surface area contributed by atoms with Gasteiger partial charge >= 0.3 is 0 Å². The first-order valence-corrected chi connectivity index (χ1v) is 7.32. The average molecular weight is 311 g/mol. The standard InChI is InChI=1S/C14H15ClN2O2S/c1-9-12(13(18)16-7-8-19-2)20-14(17-9)10-5-3-4-6-11(10)15/h3-6H,7-8H2,1-2H3,(H,16,18). The zero-order valence-electron chi connectivity index (χ0n) is 11.3. The number of rotatable bonds is 5. The zero-order valence-corrected chi connectivity index (χ0v) is 12.8. The second-order valence-corrected chi connectivity index (χ2v) is 5.57. The number of halogens is 1. The van der Waals surface area contributed by atoms with Gasteiger partial charge in [0, 0.05) is 19.2 Å². The highest BCUT2D eigenvalue weighted by atomic mass is 35.5. The number of carbonyl (C=O) groups is 1. The van der Waals surface area contributed by atoms with Crippen LogP contribution in [0.2, 0.25) is 5.02 Å². The number of ether oxygens (including phenoxy) is 1. The van der Waals surface area contributed by atoms with Gasteiger partial charge in [-0.15, -0.1) is 11.3 Å². The van der Waals surface area contributed by atoms with Crippen LogP contribution in [0.1, 0.15) is 15.4 Å². The van der Waals surface area contributed by atoms with E-state index in [0.717, 1.165) is 10.6 Å². The van der Waals surface area contributed by atoms with E-state index < -0.39 is 0 Å². The van der Waals surface area contributed by atoms with E-state index in [0.29, 0.717) is 28.7 Å². The molecule has 2 rings (SSSR count). The Kier molecular flexibility index (Phi) is 5.11. The van der Waals surface area contributed by atoms with Crippen molar-refractivity contribution in [3.05, 3.63) is 39.9 Å². The highest BCUT2D eigenvalue weighted by Crippen LogP contribution is 2.32. The summed E-state index contributed by atoms with van der Waals surface area (Å²) < 4.78 is 4.90. The lowest BCUT2D eigenvalue weighted by atomic mass is 10.2. The van der Waals surface area contributed by atoms with Crippen molar-refractivity contribution in [2.24, 2.45) is 0 Å². The lowest BCUT2D eigenvalue weighted by Gasteiger charge is -2.02. The summed E-state index contributed by atoms with van der Waals surface area (Å²) in [5.74, 6) is -0.129. The van der Waals surface area contributed by atoms with Crippen LogP contribution in [0.5, 0.6) is 0 Å². The number of hydrogen-bond donors (Lipinski definition) is 1. The normalized spacial score (nSPS) is 10.6. The van der Waals surface area contributed by atoms with Gasteiger partial charge in [0.1, 0.15) is 9.88 Å². The predicted molar refractivity (Wildman–Crippen MR) is 81.5 cm³/mol. The largest absolute Gasteiger partial charge is 0.383 e. The molecule has 1 aromatic heterocycles. The van der Waals surface area contributed by atoms with E-state index in [-0.39, 0.29) is 5.91 Å². The van der Waals surface area contributed by atoms with Crippen molar-refractivity contribution < 1.29 is 9.53 Å². The maximum Gasteiger partial charge on any atom is 0.263 e. The minimum Gasteiger partial charge on any atom is -0.383 e. The molecular formula is C14H15ClN2O2S. The molecule has 0 aliphatic heterocycles. The Bertz CT molecular complexity index is 613. The number of nitrogens with zero attached hydrogens (tertiary/aromatic N) is 1. The van der Waals surface area contributed by atoms with E-state index >= 15 is 0 Å². The molecule has 0 bridgehead atoms. The third-order valence-corrected chi connectivity index (χ3v) is 4.22. The molecule has 1 aromatic carbocycles. The Balaban J connectivity index is 2.22. The lowest BCUT2D eigenvalue weighted by molar-refractivity contribution is 0.0940. The summed E-state index contributed by atoms with van der Waals surface area (Å²) in [6.07, 6.45) is 0. The Morgan fingerprint density at radius 2 is 2.20 bits per heavy atom. The van der Waals surface area contributed by atoms with Crippen molar-refractivity contribution in [3.8, 4) is 10.6 Å². The number of hydrogen-bond acceptors (Lipinski definition) is 4. The number of aromatic nitrogens is 1. The molecule has 1 heterocycles. The maximum atomic E-state index is 12.0. The maximum absolute atomic E-state index is 12.0. The molecule has 6 heteroatoms. The average Bonchev–Trinajstić information content (AvgIpc) is 2.81. The summed E-state index contributed by atoms with van der Waals surface area (Å²) in [6, 6.07) is 7.47. The van der Waals surface area contributed by atoms with Crippen LogP contribution >= 0.6 is 22.9 Å². The van der Waals surface area contributed by atoms with E-state index in [2.05, 4.69) is 10.3 Å². The van der Waals surface area contributed by atoms with Gasteiger partial charge in [-0.25, -0.2) is 4.98 Å². The summed E-state index contributed by atoms with van der Waals surface area (Å²) in [5, 5.41) is 4.18. The zero-order chi connectivity index (χ0) is 14.5. The van der Waals surface area contributed by atoms with Crippen LogP contribution in [-0.2, 0) is 4.74 Å². The van der Waals surface area contributed by atoms with Crippen LogP contribution in [0.25, 0.3) is 10.6 Å². The van der Waals surface area contributed by atoms with E-state index in [1.807, 2.05) is 31.2 Å². The molecule has 0 aliphatic rings. The SMILES string of the molecule is COCCNC(=O)c1sc(-c2ccccc2Cl)nc1C. The molecule has 0 radical (unpaired) electrons. The number of methoxy groups -OCH3 is 1. The van der Waals surface area contributed by atoms with Gasteiger partial charge in [-0.2, -0.15) is 0 Å². The van der Waals surface area contributed by atoms with Crippen molar-refractivity contribution >= 4 is 28.8 Å². The van der Waals surface area contributed by atoms with Gasteiger partial charge < -0.3 is 10.1 Å². The number of aryl methyl sites for hydroxylation is 1. The Hall–Kier alpha value is -1.43. The van der Waals surface area contributed by atoms with E-state index in [9.17, 15) is 4.79 Å². The van der Waals surface area contributed by atoms with Crippen LogP contribution in [0.3, 0.4) is 0 Å². The fourth-order valence-electron chi connectivity index (χ4n) is 1.70. The third kappa shape index (κ3) is 3.36. The molecule has 0 atom stereocenters. The molecular weight excluding hydrogens is 296 g/mol. The lowest BCUT2D eigenvalue weighted by Crippen LogP contribution is -2.26. The van der Waals surface area contributed by atoms with Crippen LogP contribution in [0.4, 0.5) is 0 Å². The van der Waals surface area contributed by atoms with E-state index in [1.54, 1.807) is 7.11 Å². The van der Waals surface area contributed by atoms with Crippen LogP contribution in [-0.4, -0.2) is 31.2 Å². The molecule has 1 N–H and O–H groups in total. The van der Waals surface area contributed by atoms with Crippen molar-refractivity contribution in [1.82, 2.24) is 10.3 Å². The monoisotopic (exact) mass is 310 g/mol. The molecule has 1 amide bonds. The number of carbonyl (C=O) groups excluding carboxylic acids is 1. The number of nitrogens with one attached hydrogen (secondary N) is 1. The van der Waals surface area contributed by atoms with E-state index in [1.165, 1.54) is 11.3 Å². The quantitative estimate of drug-likeness (QED) is 0.863. The predicted octanol–water partition coefficient (Wildman–Crippen LogP) is 3.15. The van der Waals surface area contributed by atoms with Gasteiger partial charge in [-0.1, -0.05) is 29.8 Å². The van der Waals surface area contributed by atoms with Crippen LogP contribution in [0, 0.1) is 6.92 Å². The second-order valence-electron chi connectivity index (χ2n) is 4.16. The van der Waals surface area contributed by atoms with Gasteiger partial charge in [0.15, 0.2) is 0 Å². The topological polar surface area (TPSA) is 51.2 Å². The smallest absolute Gasteiger partial charge is 0.263 e. The molecule has 0 saturated carbocycles. The summed E-state index contributed by atoms with van der Waals surface area (Å²) in [7, 11) is 1.60. The summed E-state index contributed by atoms with van der Waals surface area (Å²) >= 11 is 7.50. The molecule has 0 aliphatic carbocycles. The summed E-state index contributed by atoms with van der Waals surface area (Å²) in [4.78, 5) is 17.1. The minimum atomic E-state index is -0.129. The third-order valence-electron chi connectivity index (χ3n) is 2.70. The van der Waals surface area contributed by atoms with E-state index in [4.69, 9.17) is 16.3 Å². The van der Waals surface area contributed by atoms with Gasteiger partial charge in [0.05, 0.1) is 17.3 Å². The minimum absolute atomic E-state index is 0.129. The molecule has 0 spiro atoms. The number of thiazole rings is 1. The molecule has 0 saturated heterocycles. The summed E-state index contributed by atoms with van der Waals surface area (Å²) in [6.45, 7) is 2.79. The van der Waals surface area contributed by atoms with Crippen LogP contribution < -0.4 is 5.32 Å². The highest BCUT2D eigenvalue weighted by molar-refractivity contribution is 7.17. The van der Waals surface area contributed by atoms with Crippen molar-refractivity contribution in [1.29, 1.82) is 0 Å². The Morgan fingerprint density at radius 1 is 1.45 bits per heavy atom. The molecule has 0 fully saturated rings. The molecule has 0 unspecified atom stereocenters. The van der Waals surface area contributed by atoms with Gasteiger partial charge in [-0.3, -0.25) is 4.79 Å². The summed E-state index contributed by atoms with van der Waals surface area (Å²) in [5.41, 5.74) is 1.55. The Labute approximate surface area is 126 Å². The molecule has 20 heavy (non-hydrogen) atoms. The molecule has 2 aromatic rings.